The van der Waals surface area contributed by atoms with Gasteiger partial charge in [-0.3, -0.25) is 10.1 Å². The van der Waals surface area contributed by atoms with E-state index in [1.165, 1.54) is 25.3 Å². The van der Waals surface area contributed by atoms with Gasteiger partial charge in [-0.1, -0.05) is 12.1 Å². The second kappa shape index (κ2) is 6.45. The zero-order chi connectivity index (χ0) is 15.4. The van der Waals surface area contributed by atoms with Crippen molar-refractivity contribution in [3.63, 3.8) is 0 Å². The van der Waals surface area contributed by atoms with Crippen LogP contribution in [0.1, 0.15) is 11.1 Å². The van der Waals surface area contributed by atoms with Crippen molar-refractivity contribution in [1.82, 2.24) is 0 Å². The maximum atomic E-state index is 11.1. The zero-order valence-electron chi connectivity index (χ0n) is 11.6. The van der Waals surface area contributed by atoms with Crippen molar-refractivity contribution in [2.75, 3.05) is 7.11 Å². The fraction of sp³-hybridized carbons (Fsp3) is 0.200. The Labute approximate surface area is 127 Å². The first-order chi connectivity index (χ1) is 10.0. The number of nitro groups is 1. The molecule has 0 aromatic heterocycles. The molecule has 5 nitrogen and oxygen atoms in total. The molecule has 2 rings (SSSR count). The Morgan fingerprint density at radius 3 is 2.57 bits per heavy atom. The van der Waals surface area contributed by atoms with Gasteiger partial charge >= 0.3 is 5.69 Å². The van der Waals surface area contributed by atoms with Crippen LogP contribution in [0.15, 0.2) is 36.4 Å². The molecule has 110 valence electrons. The predicted octanol–water partition coefficient (Wildman–Crippen LogP) is 4.44. The van der Waals surface area contributed by atoms with Gasteiger partial charge in [-0.2, -0.15) is 0 Å². The Hall–Kier alpha value is -2.27. The number of ether oxygens (including phenoxy) is 2. The molecular weight excluding hydrogens is 294 g/mol. The molecule has 2 aromatic rings. The minimum Gasteiger partial charge on any atom is -0.497 e. The molecule has 0 atom stereocenters. The van der Waals surface area contributed by atoms with Crippen molar-refractivity contribution in [1.29, 1.82) is 0 Å². The summed E-state index contributed by atoms with van der Waals surface area (Å²) in [6.07, 6.45) is 0. The van der Waals surface area contributed by atoms with Crippen molar-refractivity contribution in [2.45, 2.75) is 12.8 Å². The molecule has 0 saturated carbocycles. The lowest BCUT2D eigenvalue weighted by atomic mass is 10.1. The van der Waals surface area contributed by atoms with Gasteiger partial charge in [0.15, 0.2) is 0 Å². The number of halogens is 1. The van der Waals surface area contributed by atoms with E-state index in [0.29, 0.717) is 17.4 Å². The number of alkyl halides is 1. The normalized spacial score (nSPS) is 10.2. The third-order valence-electron chi connectivity index (χ3n) is 2.99. The third kappa shape index (κ3) is 3.44. The second-order valence-electron chi connectivity index (χ2n) is 4.43. The van der Waals surface area contributed by atoms with Crippen LogP contribution in [0.4, 0.5) is 5.69 Å². The predicted molar refractivity (Wildman–Crippen MR) is 80.5 cm³/mol. The van der Waals surface area contributed by atoms with Crippen LogP contribution in [0.2, 0.25) is 0 Å². The number of benzene rings is 2. The number of methoxy groups -OCH3 is 1. The first kappa shape index (κ1) is 15.1. The Morgan fingerprint density at radius 2 is 1.95 bits per heavy atom. The van der Waals surface area contributed by atoms with Gasteiger partial charge in [0.1, 0.15) is 11.5 Å². The maximum Gasteiger partial charge on any atom is 0.311 e. The molecule has 0 N–H and O–H groups in total. The number of hydrogen-bond acceptors (Lipinski definition) is 4. The molecule has 0 unspecified atom stereocenters. The fourth-order valence-corrected chi connectivity index (χ4v) is 1.98. The summed E-state index contributed by atoms with van der Waals surface area (Å²) >= 11 is 5.80. The molecule has 0 aliphatic carbocycles. The van der Waals surface area contributed by atoms with E-state index >= 15 is 0 Å². The lowest BCUT2D eigenvalue weighted by Crippen LogP contribution is -1.96. The smallest absolute Gasteiger partial charge is 0.311 e. The third-order valence-corrected chi connectivity index (χ3v) is 3.30. The molecule has 0 aliphatic rings. The molecule has 0 amide bonds. The average Bonchev–Trinajstić information content (AvgIpc) is 2.49. The topological polar surface area (TPSA) is 61.6 Å². The molecule has 0 fully saturated rings. The Kier molecular flexibility index (Phi) is 4.65. The van der Waals surface area contributed by atoms with Crippen LogP contribution in [-0.4, -0.2) is 12.0 Å². The van der Waals surface area contributed by atoms with Crippen molar-refractivity contribution in [3.05, 3.63) is 57.6 Å². The standard InChI is InChI=1S/C15H14ClNO4/c1-10-3-4-11(9-16)7-14(10)21-15-8-12(20-2)5-6-13(15)17(18)19/h3-8H,9H2,1-2H3. The van der Waals surface area contributed by atoms with E-state index in [9.17, 15) is 10.1 Å². The highest BCUT2D eigenvalue weighted by Crippen LogP contribution is 2.36. The molecule has 6 heteroatoms. The van der Waals surface area contributed by atoms with Gasteiger partial charge in [0.2, 0.25) is 5.75 Å². The number of hydrogen-bond donors (Lipinski definition) is 0. The van der Waals surface area contributed by atoms with Gasteiger partial charge in [-0.25, -0.2) is 0 Å². The fourth-order valence-electron chi connectivity index (χ4n) is 1.81. The Balaban J connectivity index is 2.44. The molecule has 0 spiro atoms. The first-order valence-electron chi connectivity index (χ1n) is 6.21. The molecule has 2 aromatic carbocycles. The molecular formula is C15H14ClNO4. The van der Waals surface area contributed by atoms with Gasteiger partial charge in [-0.05, 0) is 30.2 Å². The lowest BCUT2D eigenvalue weighted by molar-refractivity contribution is -0.385. The first-order valence-corrected chi connectivity index (χ1v) is 6.74. The molecule has 0 bridgehead atoms. The molecule has 0 radical (unpaired) electrons. The molecule has 0 heterocycles. The minimum atomic E-state index is -0.491. The largest absolute Gasteiger partial charge is 0.497 e. The van der Waals surface area contributed by atoms with Crippen molar-refractivity contribution in [2.24, 2.45) is 0 Å². The van der Waals surface area contributed by atoms with Crippen LogP contribution in [0.5, 0.6) is 17.2 Å². The van der Waals surface area contributed by atoms with Crippen molar-refractivity contribution >= 4 is 17.3 Å². The van der Waals surface area contributed by atoms with E-state index in [-0.39, 0.29) is 11.4 Å². The SMILES string of the molecule is COc1ccc([N+](=O)[O-])c(Oc2cc(CCl)ccc2C)c1. The number of nitro benzene ring substituents is 1. The van der Waals surface area contributed by atoms with Crippen LogP contribution < -0.4 is 9.47 Å². The highest BCUT2D eigenvalue weighted by molar-refractivity contribution is 6.17. The molecule has 0 aliphatic heterocycles. The average molecular weight is 308 g/mol. The van der Waals surface area contributed by atoms with Gasteiger partial charge in [0.25, 0.3) is 0 Å². The van der Waals surface area contributed by atoms with Crippen LogP contribution in [0, 0.1) is 17.0 Å². The van der Waals surface area contributed by atoms with Crippen LogP contribution in [-0.2, 0) is 5.88 Å². The minimum absolute atomic E-state index is 0.119. The number of aryl methyl sites for hydroxylation is 1. The van der Waals surface area contributed by atoms with Crippen LogP contribution >= 0.6 is 11.6 Å². The summed E-state index contributed by atoms with van der Waals surface area (Å²) in [6, 6.07) is 9.88. The Morgan fingerprint density at radius 1 is 1.19 bits per heavy atom. The van der Waals surface area contributed by atoms with E-state index in [1.54, 1.807) is 6.07 Å². The Bertz CT molecular complexity index is 673. The van der Waals surface area contributed by atoms with Crippen molar-refractivity contribution < 1.29 is 14.4 Å². The summed E-state index contributed by atoms with van der Waals surface area (Å²) in [5, 5.41) is 11.1. The summed E-state index contributed by atoms with van der Waals surface area (Å²) in [4.78, 5) is 10.6. The number of nitrogens with zero attached hydrogens (tertiary/aromatic N) is 1. The van der Waals surface area contributed by atoms with Gasteiger partial charge in [-0.15, -0.1) is 11.6 Å². The summed E-state index contributed by atoms with van der Waals surface area (Å²) in [7, 11) is 1.49. The van der Waals surface area contributed by atoms with E-state index in [4.69, 9.17) is 21.1 Å². The van der Waals surface area contributed by atoms with Crippen LogP contribution in [0.25, 0.3) is 0 Å². The van der Waals surface area contributed by atoms with Gasteiger partial charge in [0.05, 0.1) is 12.0 Å². The maximum absolute atomic E-state index is 11.1. The molecule has 0 saturated heterocycles. The second-order valence-corrected chi connectivity index (χ2v) is 4.69. The monoisotopic (exact) mass is 307 g/mol. The zero-order valence-corrected chi connectivity index (χ0v) is 12.4. The summed E-state index contributed by atoms with van der Waals surface area (Å²) < 4.78 is 10.8. The molecule has 21 heavy (non-hydrogen) atoms. The van der Waals surface area contributed by atoms with E-state index < -0.39 is 4.92 Å². The summed E-state index contributed by atoms with van der Waals surface area (Å²) in [6.45, 7) is 1.86. The van der Waals surface area contributed by atoms with Gasteiger partial charge in [0, 0.05) is 18.0 Å². The van der Waals surface area contributed by atoms with E-state index in [1.807, 2.05) is 19.1 Å². The van der Waals surface area contributed by atoms with Crippen molar-refractivity contribution in [3.8, 4) is 17.2 Å². The van der Waals surface area contributed by atoms with E-state index in [2.05, 4.69) is 0 Å². The highest BCUT2D eigenvalue weighted by Gasteiger charge is 2.17. The number of rotatable bonds is 5. The van der Waals surface area contributed by atoms with Gasteiger partial charge < -0.3 is 9.47 Å². The van der Waals surface area contributed by atoms with Crippen LogP contribution in [0.3, 0.4) is 0 Å². The highest BCUT2D eigenvalue weighted by atomic mass is 35.5. The lowest BCUT2D eigenvalue weighted by Gasteiger charge is -2.11. The summed E-state index contributed by atoms with van der Waals surface area (Å²) in [5.74, 6) is 1.50. The quantitative estimate of drug-likeness (QED) is 0.465. The summed E-state index contributed by atoms with van der Waals surface area (Å²) in [5.41, 5.74) is 1.62. The van der Waals surface area contributed by atoms with E-state index in [0.717, 1.165) is 11.1 Å².